The van der Waals surface area contributed by atoms with E-state index in [0.717, 1.165) is 12.1 Å². The molecule has 0 aromatic heterocycles. The number of alkyl halides is 3. The second kappa shape index (κ2) is 11.6. The van der Waals surface area contributed by atoms with Crippen LogP contribution >= 0.6 is 11.6 Å². The highest BCUT2D eigenvalue weighted by molar-refractivity contribution is 6.30. The third-order valence-electron chi connectivity index (χ3n) is 2.96. The van der Waals surface area contributed by atoms with Gasteiger partial charge in [-0.25, -0.2) is 0 Å². The number of rotatable bonds is 4. The van der Waals surface area contributed by atoms with Crippen LogP contribution in [0.2, 0.25) is 5.02 Å². The van der Waals surface area contributed by atoms with Gasteiger partial charge in [-0.3, -0.25) is 4.79 Å². The fraction of sp³-hybridized carbons (Fsp3) is 0.350. The molecule has 0 unspecified atom stereocenters. The van der Waals surface area contributed by atoms with Crippen LogP contribution in [0.1, 0.15) is 51.8 Å². The van der Waals surface area contributed by atoms with Crippen molar-refractivity contribution in [3.05, 3.63) is 64.7 Å². The van der Waals surface area contributed by atoms with Crippen LogP contribution in [0.15, 0.2) is 48.5 Å². The first-order chi connectivity index (χ1) is 12.3. The van der Waals surface area contributed by atoms with Gasteiger partial charge in [-0.1, -0.05) is 57.5 Å². The Bertz CT molecular complexity index is 668. The summed E-state index contributed by atoms with van der Waals surface area (Å²) in [5.74, 6) is -0.343. The molecule has 0 saturated carbocycles. The lowest BCUT2D eigenvalue weighted by molar-refractivity contribution is -0.137. The van der Waals surface area contributed by atoms with Gasteiger partial charge >= 0.3 is 6.18 Å². The van der Waals surface area contributed by atoms with Gasteiger partial charge in [0.15, 0.2) is 11.9 Å². The molecule has 0 fully saturated rings. The Morgan fingerprint density at radius 2 is 1.54 bits per heavy atom. The molecule has 0 saturated heterocycles. The van der Waals surface area contributed by atoms with Crippen molar-refractivity contribution in [1.29, 1.82) is 0 Å². The number of carbonyl (C=O) groups is 1. The number of ether oxygens (including phenoxy) is 1. The van der Waals surface area contributed by atoms with Crippen LogP contribution in [0.5, 0.6) is 5.75 Å². The van der Waals surface area contributed by atoms with Gasteiger partial charge in [0.25, 0.3) is 0 Å². The maximum absolute atomic E-state index is 12.7. The topological polar surface area (TPSA) is 26.3 Å². The zero-order chi connectivity index (χ0) is 20.3. The van der Waals surface area contributed by atoms with Gasteiger partial charge in [-0.2, -0.15) is 13.2 Å². The third kappa shape index (κ3) is 7.48. The number of Topliss-reactive ketones (excluding diaryl/α,β-unsaturated/α-hetero) is 1. The van der Waals surface area contributed by atoms with Gasteiger partial charge in [0, 0.05) is 5.02 Å². The van der Waals surface area contributed by atoms with Gasteiger partial charge in [-0.05, 0) is 42.8 Å². The van der Waals surface area contributed by atoms with Crippen molar-refractivity contribution in [2.75, 3.05) is 0 Å². The summed E-state index contributed by atoms with van der Waals surface area (Å²) in [6.07, 6.45) is -5.45. The van der Waals surface area contributed by atoms with E-state index in [4.69, 9.17) is 16.3 Å². The molecule has 2 nitrogen and oxygen atoms in total. The summed E-state index contributed by atoms with van der Waals surface area (Å²) in [5.41, 5.74) is -0.308. The minimum absolute atomic E-state index is 0.0232. The third-order valence-corrected chi connectivity index (χ3v) is 3.21. The summed E-state index contributed by atoms with van der Waals surface area (Å²) in [5, 5.41) is 0.491. The molecular formula is C20H24ClF3O2. The molecular weight excluding hydrogens is 365 g/mol. The van der Waals surface area contributed by atoms with Crippen LogP contribution in [-0.2, 0) is 11.0 Å². The molecule has 2 aromatic rings. The van der Waals surface area contributed by atoms with Crippen molar-refractivity contribution in [3.8, 4) is 5.75 Å². The van der Waals surface area contributed by atoms with Gasteiger partial charge in [-0.15, -0.1) is 0 Å². The molecule has 0 amide bonds. The number of hydrogen-bond acceptors (Lipinski definition) is 2. The fourth-order valence-corrected chi connectivity index (χ4v) is 2.03. The molecule has 2 aromatic carbocycles. The quantitative estimate of drug-likeness (QED) is 0.557. The molecule has 0 heterocycles. The zero-order valence-electron chi connectivity index (χ0n) is 15.5. The predicted octanol–water partition coefficient (Wildman–Crippen LogP) is 7.12. The van der Waals surface area contributed by atoms with Gasteiger partial charge < -0.3 is 4.74 Å². The lowest BCUT2D eigenvalue weighted by atomic mass is 10.1. The van der Waals surface area contributed by atoms with Crippen LogP contribution in [0.4, 0.5) is 13.2 Å². The van der Waals surface area contributed by atoms with E-state index >= 15 is 0 Å². The summed E-state index contributed by atoms with van der Waals surface area (Å²) in [6, 6.07) is 10.8. The van der Waals surface area contributed by atoms with E-state index in [0.29, 0.717) is 10.6 Å². The predicted molar refractivity (Wildman–Crippen MR) is 99.6 cm³/mol. The maximum atomic E-state index is 12.7. The number of ketones is 1. The first-order valence-corrected chi connectivity index (χ1v) is 8.75. The smallest absolute Gasteiger partial charge is 0.416 e. The van der Waals surface area contributed by atoms with Crippen LogP contribution in [0, 0.1) is 0 Å². The largest absolute Gasteiger partial charge is 0.478 e. The number of carbonyl (C=O) groups excluding carboxylic acids is 1. The molecule has 1 atom stereocenters. The number of halogens is 4. The first kappa shape index (κ1) is 24.0. The molecule has 0 N–H and O–H groups in total. The minimum Gasteiger partial charge on any atom is -0.478 e. The molecule has 0 spiro atoms. The van der Waals surface area contributed by atoms with Crippen LogP contribution < -0.4 is 4.74 Å². The number of benzene rings is 2. The van der Waals surface area contributed by atoms with E-state index in [-0.39, 0.29) is 11.5 Å². The van der Waals surface area contributed by atoms with Crippen molar-refractivity contribution < 1.29 is 22.7 Å². The molecule has 0 aliphatic rings. The van der Waals surface area contributed by atoms with Gasteiger partial charge in [0.2, 0.25) is 0 Å². The Kier molecular flexibility index (Phi) is 10.7. The van der Waals surface area contributed by atoms with E-state index in [1.54, 1.807) is 24.3 Å². The SMILES string of the molecule is CC.CC.CC(=O)[C@@H](Oc1cccc(C(F)(F)F)c1)c1ccc(Cl)cc1. The molecule has 2 rings (SSSR count). The van der Waals surface area contributed by atoms with Crippen molar-refractivity contribution in [2.45, 2.75) is 46.9 Å². The second-order valence-corrected chi connectivity index (χ2v) is 5.12. The minimum atomic E-state index is -4.47. The Morgan fingerprint density at radius 1 is 1.00 bits per heavy atom. The van der Waals surface area contributed by atoms with Gasteiger partial charge in [0.05, 0.1) is 5.56 Å². The molecule has 0 aliphatic heterocycles. The van der Waals surface area contributed by atoms with E-state index in [9.17, 15) is 18.0 Å². The Balaban J connectivity index is 0.00000146. The summed E-state index contributed by atoms with van der Waals surface area (Å²) in [6.45, 7) is 9.31. The zero-order valence-corrected chi connectivity index (χ0v) is 16.3. The van der Waals surface area contributed by atoms with Crippen molar-refractivity contribution >= 4 is 17.4 Å². The van der Waals surface area contributed by atoms with E-state index in [1.807, 2.05) is 27.7 Å². The lowest BCUT2D eigenvalue weighted by Gasteiger charge is -2.18. The standard InChI is InChI=1S/C16H12ClF3O2.2C2H6/c1-10(21)15(11-5-7-13(17)8-6-11)22-14-4-2-3-12(9-14)16(18,19)20;2*1-2/h2-9,15H,1H3;2*1-2H3/t15-;;/m1../s1. The lowest BCUT2D eigenvalue weighted by Crippen LogP contribution is -2.16. The maximum Gasteiger partial charge on any atom is 0.416 e. The summed E-state index contributed by atoms with van der Waals surface area (Å²) >= 11 is 5.78. The highest BCUT2D eigenvalue weighted by Gasteiger charge is 2.31. The average molecular weight is 389 g/mol. The van der Waals surface area contributed by atoms with Crippen molar-refractivity contribution in [1.82, 2.24) is 0 Å². The summed E-state index contributed by atoms with van der Waals surface area (Å²) in [4.78, 5) is 11.7. The molecule has 0 bridgehead atoms. The highest BCUT2D eigenvalue weighted by atomic mass is 35.5. The van der Waals surface area contributed by atoms with Crippen LogP contribution in [0.3, 0.4) is 0 Å². The first-order valence-electron chi connectivity index (χ1n) is 8.37. The molecule has 26 heavy (non-hydrogen) atoms. The average Bonchev–Trinajstić information content (AvgIpc) is 2.63. The van der Waals surface area contributed by atoms with E-state index in [2.05, 4.69) is 0 Å². The van der Waals surface area contributed by atoms with Crippen molar-refractivity contribution in [2.24, 2.45) is 0 Å². The van der Waals surface area contributed by atoms with Crippen LogP contribution in [0.25, 0.3) is 0 Å². The molecule has 6 heteroatoms. The summed E-state index contributed by atoms with van der Waals surface area (Å²) in [7, 11) is 0. The van der Waals surface area contributed by atoms with Crippen molar-refractivity contribution in [3.63, 3.8) is 0 Å². The molecule has 144 valence electrons. The molecule has 0 radical (unpaired) electrons. The number of hydrogen-bond donors (Lipinski definition) is 0. The van der Waals surface area contributed by atoms with E-state index in [1.165, 1.54) is 19.1 Å². The van der Waals surface area contributed by atoms with E-state index < -0.39 is 17.8 Å². The monoisotopic (exact) mass is 388 g/mol. The highest BCUT2D eigenvalue weighted by Crippen LogP contribution is 2.32. The van der Waals surface area contributed by atoms with Crippen LogP contribution in [-0.4, -0.2) is 5.78 Å². The normalized spacial score (nSPS) is 11.3. The molecule has 0 aliphatic carbocycles. The second-order valence-electron chi connectivity index (χ2n) is 4.69. The summed E-state index contributed by atoms with van der Waals surface area (Å²) < 4.78 is 43.5. The Labute approximate surface area is 157 Å². The fourth-order valence-electron chi connectivity index (χ4n) is 1.91. The Morgan fingerprint density at radius 3 is 2.00 bits per heavy atom. The van der Waals surface area contributed by atoms with Gasteiger partial charge in [0.1, 0.15) is 5.75 Å². The Hall–Kier alpha value is -2.01.